The molecule has 23 heavy (non-hydrogen) atoms. The Labute approximate surface area is 137 Å². The topological polar surface area (TPSA) is 86.3 Å². The molecule has 0 aromatic heterocycles. The molecule has 0 spiro atoms. The Bertz CT molecular complexity index is 698. The van der Waals surface area contributed by atoms with Crippen molar-refractivity contribution in [3.05, 3.63) is 78.9 Å². The molecular formula is C16H16N2O4S. The Morgan fingerprint density at radius 1 is 0.826 bits per heavy atom. The number of benzene rings is 2. The monoisotopic (exact) mass is 332 g/mol. The van der Waals surface area contributed by atoms with E-state index >= 15 is 0 Å². The van der Waals surface area contributed by atoms with Crippen LogP contribution in [0.3, 0.4) is 0 Å². The van der Waals surface area contributed by atoms with Crippen molar-refractivity contribution < 1.29 is 9.85 Å². The maximum atomic E-state index is 10.7. The Balaban J connectivity index is 2.00. The van der Waals surface area contributed by atoms with Crippen LogP contribution < -0.4 is 0 Å². The van der Waals surface area contributed by atoms with Gasteiger partial charge in [-0.15, -0.1) is 0 Å². The van der Waals surface area contributed by atoms with Gasteiger partial charge in [-0.25, -0.2) is 0 Å². The van der Waals surface area contributed by atoms with Gasteiger partial charge in [-0.2, -0.15) is 11.8 Å². The maximum absolute atomic E-state index is 10.7. The van der Waals surface area contributed by atoms with E-state index in [2.05, 4.69) is 0 Å². The highest BCUT2D eigenvalue weighted by Crippen LogP contribution is 2.25. The Hall–Kier alpha value is -2.41. The van der Waals surface area contributed by atoms with E-state index in [1.54, 1.807) is 36.0 Å². The Morgan fingerprint density at radius 2 is 1.22 bits per heavy atom. The minimum Gasteiger partial charge on any atom is -0.258 e. The lowest BCUT2D eigenvalue weighted by molar-refractivity contribution is -0.385. The lowest BCUT2D eigenvalue weighted by Gasteiger charge is -2.08. The number of hydrogen-bond donors (Lipinski definition) is 0. The Morgan fingerprint density at radius 3 is 1.52 bits per heavy atom. The summed E-state index contributed by atoms with van der Waals surface area (Å²) in [6.07, 6.45) is 0. The van der Waals surface area contributed by atoms with Gasteiger partial charge in [0.15, 0.2) is 0 Å². The average Bonchev–Trinajstić information content (AvgIpc) is 2.49. The third kappa shape index (κ3) is 4.29. The first-order valence-electron chi connectivity index (χ1n) is 6.94. The molecule has 0 radical (unpaired) electrons. The number of nitrogens with zero attached hydrogens (tertiary/aromatic N) is 2. The maximum Gasteiger partial charge on any atom is 0.269 e. The molecule has 7 heteroatoms. The lowest BCUT2D eigenvalue weighted by Crippen LogP contribution is -1.94. The quantitative estimate of drug-likeness (QED) is 0.572. The molecule has 0 fully saturated rings. The largest absolute Gasteiger partial charge is 0.269 e. The second-order valence-electron chi connectivity index (χ2n) is 5.23. The van der Waals surface area contributed by atoms with Crippen molar-refractivity contribution in [2.75, 3.05) is 0 Å². The number of hydrogen-bond acceptors (Lipinski definition) is 5. The van der Waals surface area contributed by atoms with E-state index in [0.29, 0.717) is 0 Å². The molecule has 6 nitrogen and oxygen atoms in total. The van der Waals surface area contributed by atoms with Crippen LogP contribution in [0, 0.1) is 34.1 Å². The fraction of sp³-hybridized carbons (Fsp3) is 0.250. The molecule has 0 aliphatic heterocycles. The van der Waals surface area contributed by atoms with Crippen LogP contribution in [-0.2, 0) is 11.5 Å². The first kappa shape index (κ1) is 17.0. The highest BCUT2D eigenvalue weighted by atomic mass is 32.2. The predicted octanol–water partition coefficient (Wildman–Crippen LogP) is 4.55. The number of rotatable bonds is 6. The molecule has 0 heterocycles. The summed E-state index contributed by atoms with van der Waals surface area (Å²) < 4.78 is 0. The Kier molecular flexibility index (Phi) is 5.33. The zero-order chi connectivity index (χ0) is 17.0. The molecular weight excluding hydrogens is 316 g/mol. The number of thioether (sulfide) groups is 1. The van der Waals surface area contributed by atoms with Crippen LogP contribution in [0.25, 0.3) is 0 Å². The summed E-state index contributed by atoms with van der Waals surface area (Å²) in [6, 6.07) is 9.74. The second kappa shape index (κ2) is 7.23. The summed E-state index contributed by atoms with van der Waals surface area (Å²) in [4.78, 5) is 20.7. The van der Waals surface area contributed by atoms with E-state index in [1.807, 2.05) is 13.8 Å². The van der Waals surface area contributed by atoms with Crippen molar-refractivity contribution in [3.8, 4) is 0 Å². The summed E-state index contributed by atoms with van der Waals surface area (Å²) in [5.41, 5.74) is 4.10. The lowest BCUT2D eigenvalue weighted by atomic mass is 10.1. The van der Waals surface area contributed by atoms with Gasteiger partial charge in [0.1, 0.15) is 0 Å². The van der Waals surface area contributed by atoms with Gasteiger partial charge >= 0.3 is 0 Å². The van der Waals surface area contributed by atoms with E-state index in [9.17, 15) is 20.2 Å². The van der Waals surface area contributed by atoms with Gasteiger partial charge < -0.3 is 0 Å². The normalized spacial score (nSPS) is 10.5. The molecule has 0 atom stereocenters. The van der Waals surface area contributed by atoms with E-state index < -0.39 is 9.85 Å². The minimum atomic E-state index is -0.399. The van der Waals surface area contributed by atoms with E-state index in [0.717, 1.165) is 33.8 Å². The van der Waals surface area contributed by atoms with Crippen molar-refractivity contribution in [1.82, 2.24) is 0 Å². The third-order valence-corrected chi connectivity index (χ3v) is 4.62. The zero-order valence-electron chi connectivity index (χ0n) is 12.8. The highest BCUT2D eigenvalue weighted by Gasteiger charge is 2.10. The number of aryl methyl sites for hydroxylation is 2. The third-order valence-electron chi connectivity index (χ3n) is 3.59. The van der Waals surface area contributed by atoms with Crippen LogP contribution in [0.2, 0.25) is 0 Å². The SMILES string of the molecule is Cc1cc([N+](=O)[O-])ccc1CSCc1ccc([N+](=O)[O-])cc1C. The van der Waals surface area contributed by atoms with Gasteiger partial charge in [0.2, 0.25) is 0 Å². The molecule has 0 N–H and O–H groups in total. The van der Waals surface area contributed by atoms with Crippen LogP contribution in [0.15, 0.2) is 36.4 Å². The van der Waals surface area contributed by atoms with E-state index in [1.165, 1.54) is 12.1 Å². The van der Waals surface area contributed by atoms with Gasteiger partial charge in [-0.1, -0.05) is 12.1 Å². The van der Waals surface area contributed by atoms with Gasteiger partial charge in [-0.3, -0.25) is 20.2 Å². The molecule has 0 aliphatic rings. The van der Waals surface area contributed by atoms with Crippen molar-refractivity contribution in [1.29, 1.82) is 0 Å². The second-order valence-corrected chi connectivity index (χ2v) is 6.21. The molecule has 0 unspecified atom stereocenters. The van der Waals surface area contributed by atoms with Crippen LogP contribution in [0.1, 0.15) is 22.3 Å². The van der Waals surface area contributed by atoms with Crippen molar-refractivity contribution in [3.63, 3.8) is 0 Å². The summed E-state index contributed by atoms with van der Waals surface area (Å²) in [5, 5.41) is 21.5. The first-order valence-corrected chi connectivity index (χ1v) is 8.09. The first-order chi connectivity index (χ1) is 10.9. The van der Waals surface area contributed by atoms with Crippen molar-refractivity contribution >= 4 is 23.1 Å². The van der Waals surface area contributed by atoms with Gasteiger partial charge in [0.25, 0.3) is 11.4 Å². The molecule has 120 valence electrons. The number of non-ortho nitro benzene ring substituents is 2. The summed E-state index contributed by atoms with van der Waals surface area (Å²) in [5.74, 6) is 1.47. The van der Waals surface area contributed by atoms with Gasteiger partial charge in [-0.05, 0) is 36.1 Å². The fourth-order valence-corrected chi connectivity index (χ4v) is 3.37. The smallest absolute Gasteiger partial charge is 0.258 e. The highest BCUT2D eigenvalue weighted by molar-refractivity contribution is 7.97. The fourth-order valence-electron chi connectivity index (χ4n) is 2.18. The molecule has 0 bridgehead atoms. The van der Waals surface area contributed by atoms with Crippen LogP contribution in [0.4, 0.5) is 11.4 Å². The predicted molar refractivity (Wildman–Crippen MR) is 90.7 cm³/mol. The van der Waals surface area contributed by atoms with Crippen molar-refractivity contribution in [2.24, 2.45) is 0 Å². The number of nitro benzene ring substituents is 2. The van der Waals surface area contributed by atoms with Crippen molar-refractivity contribution in [2.45, 2.75) is 25.4 Å². The molecule has 2 aromatic carbocycles. The van der Waals surface area contributed by atoms with Gasteiger partial charge in [0, 0.05) is 35.8 Å². The van der Waals surface area contributed by atoms with Crippen LogP contribution >= 0.6 is 11.8 Å². The molecule has 2 aromatic rings. The molecule has 2 rings (SSSR count). The minimum absolute atomic E-state index is 0.0995. The molecule has 0 amide bonds. The number of nitro groups is 2. The van der Waals surface area contributed by atoms with E-state index in [4.69, 9.17) is 0 Å². The summed E-state index contributed by atoms with van der Waals surface area (Å²) >= 11 is 1.68. The van der Waals surface area contributed by atoms with Crippen LogP contribution in [-0.4, -0.2) is 9.85 Å². The summed E-state index contributed by atoms with van der Waals surface area (Å²) in [7, 11) is 0. The van der Waals surface area contributed by atoms with Gasteiger partial charge in [0.05, 0.1) is 9.85 Å². The van der Waals surface area contributed by atoms with Crippen LogP contribution in [0.5, 0.6) is 0 Å². The standard InChI is InChI=1S/C16H16N2O4S/c1-11-7-15(17(19)20)5-3-13(11)9-23-10-14-4-6-16(18(21)22)8-12(14)2/h3-8H,9-10H2,1-2H3. The molecule has 0 saturated heterocycles. The van der Waals surface area contributed by atoms with E-state index in [-0.39, 0.29) is 11.4 Å². The summed E-state index contributed by atoms with van der Waals surface area (Å²) in [6.45, 7) is 3.72. The molecule has 0 aliphatic carbocycles. The molecule has 0 saturated carbocycles. The zero-order valence-corrected chi connectivity index (χ0v) is 13.6. The average molecular weight is 332 g/mol.